The van der Waals surface area contributed by atoms with Gasteiger partial charge in [-0.05, 0) is 68.3 Å². The van der Waals surface area contributed by atoms with Gasteiger partial charge in [-0.2, -0.15) is 0 Å². The average Bonchev–Trinajstić information content (AvgIpc) is 2.42. The molecule has 0 fully saturated rings. The summed E-state index contributed by atoms with van der Waals surface area (Å²) in [7, 11) is 0. The molecule has 0 saturated heterocycles. The maximum Gasteiger partial charge on any atom is 0.122 e. The number of rotatable bonds is 7. The molecule has 1 heterocycles. The van der Waals surface area contributed by atoms with Gasteiger partial charge in [-0.25, -0.2) is 0 Å². The lowest BCUT2D eigenvalue weighted by molar-refractivity contribution is 0.288. The van der Waals surface area contributed by atoms with Gasteiger partial charge in [0.15, 0.2) is 0 Å². The largest absolute Gasteiger partial charge is 0.493 e. The lowest BCUT2D eigenvalue weighted by atomic mass is 10.0. The van der Waals surface area contributed by atoms with E-state index >= 15 is 0 Å². The van der Waals surface area contributed by atoms with E-state index in [0.29, 0.717) is 0 Å². The molecule has 0 atom stereocenters. The normalized spacial score (nSPS) is 14.3. The van der Waals surface area contributed by atoms with Crippen LogP contribution in [0.3, 0.4) is 0 Å². The second-order valence-corrected chi connectivity index (χ2v) is 5.95. The Kier molecular flexibility index (Phi) is 5.71. The van der Waals surface area contributed by atoms with Gasteiger partial charge < -0.3 is 10.1 Å². The minimum atomic E-state index is 0.751. The molecule has 1 aromatic rings. The highest BCUT2D eigenvalue weighted by molar-refractivity contribution is 5.38. The number of aryl methyl sites for hydroxylation is 2. The molecule has 0 aliphatic carbocycles. The van der Waals surface area contributed by atoms with E-state index in [-0.39, 0.29) is 0 Å². The highest BCUT2D eigenvalue weighted by Crippen LogP contribution is 2.26. The summed E-state index contributed by atoms with van der Waals surface area (Å²) in [6.45, 7) is 7.67. The molecular formula is C17H27NO. The number of hydrogen-bond acceptors (Lipinski definition) is 2. The molecule has 2 nitrogen and oxygen atoms in total. The highest BCUT2D eigenvalue weighted by atomic mass is 16.5. The number of nitrogens with one attached hydrogen (secondary N) is 1. The molecular weight excluding hydrogens is 234 g/mol. The van der Waals surface area contributed by atoms with E-state index in [4.69, 9.17) is 4.74 Å². The summed E-state index contributed by atoms with van der Waals surface area (Å²) in [4.78, 5) is 0. The standard InChI is InChI=1S/C17H27NO/c1-14(2)13-18-10-4-3-6-15-8-9-17-16(12-15)7-5-11-19-17/h8-9,12,14,18H,3-7,10-11,13H2,1-2H3. The van der Waals surface area contributed by atoms with Crippen LogP contribution >= 0.6 is 0 Å². The van der Waals surface area contributed by atoms with Crippen molar-refractivity contribution >= 4 is 0 Å². The van der Waals surface area contributed by atoms with Crippen molar-refractivity contribution in [2.75, 3.05) is 19.7 Å². The van der Waals surface area contributed by atoms with Crippen LogP contribution in [0, 0.1) is 5.92 Å². The Morgan fingerprint density at radius 3 is 3.00 bits per heavy atom. The molecule has 1 aromatic carbocycles. The smallest absolute Gasteiger partial charge is 0.122 e. The van der Waals surface area contributed by atoms with E-state index in [1.807, 2.05) is 0 Å². The molecule has 0 saturated carbocycles. The first-order chi connectivity index (χ1) is 9.25. The van der Waals surface area contributed by atoms with Crippen LogP contribution in [-0.4, -0.2) is 19.7 Å². The second-order valence-electron chi connectivity index (χ2n) is 5.95. The SMILES string of the molecule is CC(C)CNCCCCc1ccc2c(c1)CCCO2. The monoisotopic (exact) mass is 261 g/mol. The third kappa shape index (κ3) is 4.87. The third-order valence-corrected chi connectivity index (χ3v) is 3.59. The fourth-order valence-corrected chi connectivity index (χ4v) is 2.54. The van der Waals surface area contributed by atoms with E-state index in [0.717, 1.165) is 37.8 Å². The Hall–Kier alpha value is -1.02. The van der Waals surface area contributed by atoms with E-state index in [1.165, 1.54) is 36.8 Å². The van der Waals surface area contributed by atoms with Crippen LogP contribution in [0.5, 0.6) is 5.75 Å². The number of ether oxygens (including phenoxy) is 1. The van der Waals surface area contributed by atoms with E-state index in [2.05, 4.69) is 37.4 Å². The number of hydrogen-bond donors (Lipinski definition) is 1. The van der Waals surface area contributed by atoms with Crippen LogP contribution in [0.1, 0.15) is 44.2 Å². The van der Waals surface area contributed by atoms with Gasteiger partial charge in [0.25, 0.3) is 0 Å². The summed E-state index contributed by atoms with van der Waals surface area (Å²) < 4.78 is 5.65. The van der Waals surface area contributed by atoms with Crippen molar-refractivity contribution in [3.8, 4) is 5.75 Å². The predicted molar refractivity (Wildman–Crippen MR) is 80.9 cm³/mol. The van der Waals surface area contributed by atoms with E-state index in [1.54, 1.807) is 0 Å². The van der Waals surface area contributed by atoms with Crippen LogP contribution in [0.15, 0.2) is 18.2 Å². The lowest BCUT2D eigenvalue weighted by Gasteiger charge is -2.17. The first-order valence-corrected chi connectivity index (χ1v) is 7.71. The van der Waals surface area contributed by atoms with Gasteiger partial charge in [-0.15, -0.1) is 0 Å². The van der Waals surface area contributed by atoms with Crippen molar-refractivity contribution in [1.29, 1.82) is 0 Å². The van der Waals surface area contributed by atoms with Gasteiger partial charge in [0, 0.05) is 0 Å². The molecule has 1 aliphatic rings. The Labute approximate surface area is 117 Å². The first kappa shape index (κ1) is 14.4. The molecule has 1 N–H and O–H groups in total. The molecule has 0 bridgehead atoms. The molecule has 19 heavy (non-hydrogen) atoms. The van der Waals surface area contributed by atoms with Gasteiger partial charge in [-0.1, -0.05) is 26.0 Å². The van der Waals surface area contributed by atoms with Crippen molar-refractivity contribution < 1.29 is 4.74 Å². The third-order valence-electron chi connectivity index (χ3n) is 3.59. The quantitative estimate of drug-likeness (QED) is 0.758. The van der Waals surface area contributed by atoms with E-state index < -0.39 is 0 Å². The van der Waals surface area contributed by atoms with E-state index in [9.17, 15) is 0 Å². The topological polar surface area (TPSA) is 21.3 Å². The minimum Gasteiger partial charge on any atom is -0.493 e. The zero-order chi connectivity index (χ0) is 13.5. The van der Waals surface area contributed by atoms with Crippen molar-refractivity contribution in [3.63, 3.8) is 0 Å². The average molecular weight is 261 g/mol. The Morgan fingerprint density at radius 1 is 1.26 bits per heavy atom. The Balaban J connectivity index is 1.68. The molecule has 2 rings (SSSR count). The summed E-state index contributed by atoms with van der Waals surface area (Å²) in [5.74, 6) is 1.86. The number of unbranched alkanes of at least 4 members (excludes halogenated alkanes) is 1. The Morgan fingerprint density at radius 2 is 2.16 bits per heavy atom. The molecule has 0 spiro atoms. The van der Waals surface area contributed by atoms with Crippen LogP contribution in [0.4, 0.5) is 0 Å². The highest BCUT2D eigenvalue weighted by Gasteiger charge is 2.10. The minimum absolute atomic E-state index is 0.751. The number of fused-ring (bicyclic) bond motifs is 1. The zero-order valence-electron chi connectivity index (χ0n) is 12.4. The van der Waals surface area contributed by atoms with Gasteiger partial charge >= 0.3 is 0 Å². The van der Waals surface area contributed by atoms with Crippen LogP contribution in [0.2, 0.25) is 0 Å². The summed E-state index contributed by atoms with van der Waals surface area (Å²) >= 11 is 0. The van der Waals surface area contributed by atoms with Crippen LogP contribution in [-0.2, 0) is 12.8 Å². The Bertz CT molecular complexity index is 387. The fourth-order valence-electron chi connectivity index (χ4n) is 2.54. The summed E-state index contributed by atoms with van der Waals surface area (Å²) in [6, 6.07) is 6.72. The molecule has 0 aromatic heterocycles. The van der Waals surface area contributed by atoms with Gasteiger partial charge in [0.2, 0.25) is 0 Å². The molecule has 0 amide bonds. The van der Waals surface area contributed by atoms with Crippen molar-refractivity contribution in [1.82, 2.24) is 5.32 Å². The van der Waals surface area contributed by atoms with Crippen LogP contribution < -0.4 is 10.1 Å². The van der Waals surface area contributed by atoms with Gasteiger partial charge in [-0.3, -0.25) is 0 Å². The number of benzene rings is 1. The van der Waals surface area contributed by atoms with Crippen molar-refractivity contribution in [2.24, 2.45) is 5.92 Å². The summed E-state index contributed by atoms with van der Waals surface area (Å²) in [5.41, 5.74) is 2.87. The molecule has 106 valence electrons. The second kappa shape index (κ2) is 7.54. The summed E-state index contributed by atoms with van der Waals surface area (Å²) in [6.07, 6.45) is 6.07. The maximum absolute atomic E-state index is 5.65. The zero-order valence-corrected chi connectivity index (χ0v) is 12.4. The predicted octanol–water partition coefficient (Wildman–Crippen LogP) is 3.58. The van der Waals surface area contributed by atoms with Gasteiger partial charge in [0.1, 0.15) is 5.75 Å². The van der Waals surface area contributed by atoms with Crippen molar-refractivity contribution in [3.05, 3.63) is 29.3 Å². The van der Waals surface area contributed by atoms with Gasteiger partial charge in [0.05, 0.1) is 6.61 Å². The van der Waals surface area contributed by atoms with Crippen LogP contribution in [0.25, 0.3) is 0 Å². The lowest BCUT2D eigenvalue weighted by Crippen LogP contribution is -2.20. The molecule has 0 radical (unpaired) electrons. The maximum atomic E-state index is 5.65. The fraction of sp³-hybridized carbons (Fsp3) is 0.647. The molecule has 2 heteroatoms. The molecule has 1 aliphatic heterocycles. The van der Waals surface area contributed by atoms with Crippen molar-refractivity contribution in [2.45, 2.75) is 46.0 Å². The summed E-state index contributed by atoms with van der Waals surface area (Å²) in [5, 5.41) is 3.50. The first-order valence-electron chi connectivity index (χ1n) is 7.71. The molecule has 0 unspecified atom stereocenters.